The molecular formula is C16H21NO3. The number of hydrogen-bond donors (Lipinski definition) is 1. The number of nitrogens with zero attached hydrogens (tertiary/aromatic N) is 1. The first-order valence-corrected chi connectivity index (χ1v) is 6.90. The van der Waals surface area contributed by atoms with E-state index in [1.807, 2.05) is 54.1 Å². The van der Waals surface area contributed by atoms with Gasteiger partial charge in [0.25, 0.3) is 0 Å². The summed E-state index contributed by atoms with van der Waals surface area (Å²) in [4.78, 5) is 0. The normalized spacial score (nSPS) is 12.2. The quantitative estimate of drug-likeness (QED) is 0.844. The summed E-state index contributed by atoms with van der Waals surface area (Å²) >= 11 is 0. The molecule has 1 heterocycles. The first-order valence-electron chi connectivity index (χ1n) is 6.90. The van der Waals surface area contributed by atoms with Gasteiger partial charge in [-0.2, -0.15) is 0 Å². The van der Waals surface area contributed by atoms with Crippen molar-refractivity contribution < 1.29 is 14.6 Å². The van der Waals surface area contributed by atoms with Gasteiger partial charge in [-0.25, -0.2) is 0 Å². The molecule has 0 amide bonds. The highest BCUT2D eigenvalue weighted by Gasteiger charge is 2.07. The van der Waals surface area contributed by atoms with Crippen LogP contribution in [0, 0.1) is 0 Å². The van der Waals surface area contributed by atoms with Gasteiger partial charge >= 0.3 is 0 Å². The Morgan fingerprint density at radius 3 is 2.45 bits per heavy atom. The monoisotopic (exact) mass is 275 g/mol. The molecule has 0 saturated heterocycles. The first-order chi connectivity index (χ1) is 9.72. The number of para-hydroxylation sites is 2. The maximum absolute atomic E-state index is 9.64. The molecule has 0 radical (unpaired) electrons. The molecule has 0 saturated carbocycles. The van der Waals surface area contributed by atoms with Crippen LogP contribution < -0.4 is 9.47 Å². The summed E-state index contributed by atoms with van der Waals surface area (Å²) in [6.45, 7) is 5.54. The van der Waals surface area contributed by atoms with Crippen LogP contribution in [0.1, 0.15) is 25.6 Å². The highest BCUT2D eigenvalue weighted by Crippen LogP contribution is 2.26. The minimum absolute atomic E-state index is 0.472. The van der Waals surface area contributed by atoms with Gasteiger partial charge in [0.1, 0.15) is 6.61 Å². The second-order valence-corrected chi connectivity index (χ2v) is 4.53. The molecule has 108 valence electrons. The lowest BCUT2D eigenvalue weighted by molar-refractivity contribution is 0.185. The third kappa shape index (κ3) is 3.54. The Kier molecular flexibility index (Phi) is 5.07. The molecule has 2 aromatic rings. The third-order valence-electron chi connectivity index (χ3n) is 3.03. The van der Waals surface area contributed by atoms with Crippen LogP contribution in [0.15, 0.2) is 42.6 Å². The maximum atomic E-state index is 9.64. The zero-order chi connectivity index (χ0) is 14.4. The van der Waals surface area contributed by atoms with Crippen molar-refractivity contribution in [2.45, 2.75) is 26.5 Å². The number of benzene rings is 1. The summed E-state index contributed by atoms with van der Waals surface area (Å²) in [6, 6.07) is 11.5. The van der Waals surface area contributed by atoms with E-state index in [9.17, 15) is 5.11 Å². The third-order valence-corrected chi connectivity index (χ3v) is 3.03. The highest BCUT2D eigenvalue weighted by atomic mass is 16.5. The largest absolute Gasteiger partial charge is 0.490 e. The van der Waals surface area contributed by atoms with Gasteiger partial charge in [0.05, 0.1) is 19.3 Å². The van der Waals surface area contributed by atoms with Crippen LogP contribution in [0.3, 0.4) is 0 Å². The zero-order valence-electron chi connectivity index (χ0n) is 12.0. The van der Waals surface area contributed by atoms with E-state index < -0.39 is 6.10 Å². The topological polar surface area (TPSA) is 43.6 Å². The molecule has 1 atom stereocenters. The average Bonchev–Trinajstić information content (AvgIpc) is 2.90. The van der Waals surface area contributed by atoms with Crippen molar-refractivity contribution in [1.82, 2.24) is 4.57 Å². The number of aliphatic hydroxyl groups is 1. The summed E-state index contributed by atoms with van der Waals surface area (Å²) in [6.07, 6.45) is 1.47. The zero-order valence-corrected chi connectivity index (χ0v) is 12.0. The van der Waals surface area contributed by atoms with Crippen molar-refractivity contribution in [2.24, 2.45) is 0 Å². The molecule has 0 aliphatic heterocycles. The Bertz CT molecular complexity index is 534. The van der Waals surface area contributed by atoms with Crippen LogP contribution >= 0.6 is 0 Å². The molecule has 2 rings (SSSR count). The number of hydrogen-bond acceptors (Lipinski definition) is 3. The van der Waals surface area contributed by atoms with Crippen LogP contribution in [0.25, 0.3) is 0 Å². The van der Waals surface area contributed by atoms with Crippen molar-refractivity contribution in [3.8, 4) is 11.5 Å². The lowest BCUT2D eigenvalue weighted by atomic mass is 10.3. The van der Waals surface area contributed by atoms with Crippen molar-refractivity contribution in [1.29, 1.82) is 0 Å². The number of rotatable bonds is 7. The van der Waals surface area contributed by atoms with Crippen LogP contribution in [0.4, 0.5) is 0 Å². The molecule has 1 unspecified atom stereocenters. The van der Waals surface area contributed by atoms with Gasteiger partial charge in [-0.1, -0.05) is 12.1 Å². The maximum Gasteiger partial charge on any atom is 0.161 e. The molecule has 4 heteroatoms. The van der Waals surface area contributed by atoms with Gasteiger partial charge in [-0.15, -0.1) is 0 Å². The fourth-order valence-electron chi connectivity index (χ4n) is 2.11. The predicted molar refractivity (Wildman–Crippen MR) is 78.2 cm³/mol. The van der Waals surface area contributed by atoms with E-state index in [-0.39, 0.29) is 0 Å². The average molecular weight is 275 g/mol. The second-order valence-electron chi connectivity index (χ2n) is 4.53. The number of ether oxygens (including phenoxy) is 2. The van der Waals surface area contributed by atoms with E-state index >= 15 is 0 Å². The minimum Gasteiger partial charge on any atom is -0.490 e. The van der Waals surface area contributed by atoms with Crippen molar-refractivity contribution in [3.63, 3.8) is 0 Å². The van der Waals surface area contributed by atoms with Crippen molar-refractivity contribution in [2.75, 3.05) is 13.2 Å². The first kappa shape index (κ1) is 14.5. The van der Waals surface area contributed by atoms with Crippen LogP contribution in [-0.4, -0.2) is 22.9 Å². The summed E-state index contributed by atoms with van der Waals surface area (Å²) in [5.41, 5.74) is 0.895. The van der Waals surface area contributed by atoms with Crippen molar-refractivity contribution >= 4 is 0 Å². The molecule has 4 nitrogen and oxygen atoms in total. The summed E-state index contributed by atoms with van der Waals surface area (Å²) < 4.78 is 13.3. The molecule has 1 aromatic carbocycles. The fourth-order valence-corrected chi connectivity index (χ4v) is 2.11. The van der Waals surface area contributed by atoms with Gasteiger partial charge in [0.2, 0.25) is 0 Å². The number of aliphatic hydroxyl groups excluding tert-OH is 1. The Hall–Kier alpha value is -1.94. The second kappa shape index (κ2) is 7.01. The highest BCUT2D eigenvalue weighted by molar-refractivity contribution is 5.39. The summed E-state index contributed by atoms with van der Waals surface area (Å²) in [7, 11) is 0. The lowest BCUT2D eigenvalue weighted by Crippen LogP contribution is -2.11. The molecule has 20 heavy (non-hydrogen) atoms. The molecule has 0 fully saturated rings. The van der Waals surface area contributed by atoms with Crippen LogP contribution in [-0.2, 0) is 6.54 Å². The van der Waals surface area contributed by atoms with Gasteiger partial charge in [-0.05, 0) is 38.1 Å². The Morgan fingerprint density at radius 1 is 1.10 bits per heavy atom. The molecule has 0 bridgehead atoms. The predicted octanol–water partition coefficient (Wildman–Crippen LogP) is 3.02. The molecule has 1 aromatic heterocycles. The van der Waals surface area contributed by atoms with Gasteiger partial charge in [0.15, 0.2) is 11.5 Å². The Balaban J connectivity index is 1.94. The Morgan fingerprint density at radius 2 is 1.80 bits per heavy atom. The van der Waals surface area contributed by atoms with E-state index in [1.54, 1.807) is 6.92 Å². The van der Waals surface area contributed by atoms with E-state index in [0.29, 0.717) is 19.8 Å². The Labute approximate surface area is 119 Å². The SMILES string of the molecule is CCOc1ccccc1OCCn1cccc1C(C)O. The smallest absolute Gasteiger partial charge is 0.161 e. The fraction of sp³-hybridized carbons (Fsp3) is 0.375. The number of aromatic nitrogens is 1. The van der Waals surface area contributed by atoms with E-state index in [2.05, 4.69) is 0 Å². The van der Waals surface area contributed by atoms with E-state index in [4.69, 9.17) is 9.47 Å². The van der Waals surface area contributed by atoms with Crippen LogP contribution in [0.5, 0.6) is 11.5 Å². The molecular weight excluding hydrogens is 254 g/mol. The standard InChI is InChI=1S/C16H21NO3/c1-3-19-15-8-4-5-9-16(15)20-12-11-17-10-6-7-14(17)13(2)18/h4-10,13,18H,3,11-12H2,1-2H3. The minimum atomic E-state index is -0.472. The summed E-state index contributed by atoms with van der Waals surface area (Å²) in [5.74, 6) is 1.51. The molecule has 1 N–H and O–H groups in total. The van der Waals surface area contributed by atoms with Crippen molar-refractivity contribution in [3.05, 3.63) is 48.3 Å². The molecule has 0 aliphatic carbocycles. The van der Waals surface area contributed by atoms with E-state index in [1.165, 1.54) is 0 Å². The van der Waals surface area contributed by atoms with Gasteiger partial charge in [0, 0.05) is 11.9 Å². The van der Waals surface area contributed by atoms with Gasteiger partial charge < -0.3 is 19.1 Å². The molecule has 0 aliphatic rings. The summed E-state index contributed by atoms with van der Waals surface area (Å²) in [5, 5.41) is 9.64. The van der Waals surface area contributed by atoms with E-state index in [0.717, 1.165) is 17.2 Å². The lowest BCUT2D eigenvalue weighted by Gasteiger charge is -2.14. The van der Waals surface area contributed by atoms with Gasteiger partial charge in [-0.3, -0.25) is 0 Å². The van der Waals surface area contributed by atoms with Crippen LogP contribution in [0.2, 0.25) is 0 Å². The molecule has 0 spiro atoms.